The Labute approximate surface area is 167 Å². The van der Waals surface area contributed by atoms with Gasteiger partial charge in [0.15, 0.2) is 0 Å². The summed E-state index contributed by atoms with van der Waals surface area (Å²) in [6.45, 7) is 3.64. The van der Waals surface area contributed by atoms with Crippen molar-refractivity contribution in [1.29, 1.82) is 5.26 Å². The Bertz CT molecular complexity index is 1180. The number of nitriles is 1. The van der Waals surface area contributed by atoms with E-state index in [2.05, 4.69) is 20.5 Å². The van der Waals surface area contributed by atoms with Crippen LogP contribution in [0.4, 0.5) is 5.95 Å². The lowest BCUT2D eigenvalue weighted by Crippen LogP contribution is -2.16. The number of aromatic hydroxyl groups is 1. The molecule has 0 amide bonds. The topological polar surface area (TPSA) is 123 Å². The summed E-state index contributed by atoms with van der Waals surface area (Å²) in [4.78, 5) is 19.1. The maximum absolute atomic E-state index is 12.3. The highest BCUT2D eigenvalue weighted by Gasteiger charge is 2.14. The van der Waals surface area contributed by atoms with Crippen LogP contribution in [0, 0.1) is 25.2 Å². The number of anilines is 1. The van der Waals surface area contributed by atoms with Crippen LogP contribution in [0.5, 0.6) is 11.5 Å². The second-order valence-corrected chi connectivity index (χ2v) is 6.27. The average Bonchev–Trinajstić information content (AvgIpc) is 2.71. The number of phenols is 1. The highest BCUT2D eigenvalue weighted by atomic mass is 16.5. The van der Waals surface area contributed by atoms with Crippen molar-refractivity contribution in [2.75, 3.05) is 12.5 Å². The molecule has 0 aliphatic heterocycles. The van der Waals surface area contributed by atoms with Crippen LogP contribution in [0.15, 0.2) is 46.3 Å². The lowest BCUT2D eigenvalue weighted by atomic mass is 10.0. The van der Waals surface area contributed by atoms with Gasteiger partial charge in [0, 0.05) is 16.7 Å². The molecule has 3 rings (SSSR count). The van der Waals surface area contributed by atoms with Crippen molar-refractivity contribution in [3.63, 3.8) is 0 Å². The van der Waals surface area contributed by atoms with E-state index in [1.54, 1.807) is 37.4 Å². The molecule has 29 heavy (non-hydrogen) atoms. The summed E-state index contributed by atoms with van der Waals surface area (Å²) in [7, 11) is 1.56. The number of ether oxygens (including phenoxy) is 1. The van der Waals surface area contributed by atoms with Crippen molar-refractivity contribution in [2.45, 2.75) is 13.8 Å². The van der Waals surface area contributed by atoms with Gasteiger partial charge in [-0.25, -0.2) is 10.4 Å². The zero-order valence-electron chi connectivity index (χ0n) is 16.1. The minimum absolute atomic E-state index is 0.0533. The third kappa shape index (κ3) is 3.94. The number of H-pyrrole nitrogens is 1. The predicted octanol–water partition coefficient (Wildman–Crippen LogP) is 3.09. The molecule has 146 valence electrons. The van der Waals surface area contributed by atoms with Gasteiger partial charge in [0.05, 0.1) is 19.0 Å². The van der Waals surface area contributed by atoms with Crippen LogP contribution in [0.2, 0.25) is 0 Å². The summed E-state index contributed by atoms with van der Waals surface area (Å²) in [5.41, 5.74) is 4.88. The fourth-order valence-corrected chi connectivity index (χ4v) is 3.03. The number of benzene rings is 2. The average molecular weight is 389 g/mol. The molecule has 8 heteroatoms. The van der Waals surface area contributed by atoms with Gasteiger partial charge in [-0.1, -0.05) is 30.3 Å². The number of rotatable bonds is 5. The molecule has 0 aliphatic rings. The summed E-state index contributed by atoms with van der Waals surface area (Å²) in [6, 6.07) is 12.4. The fourth-order valence-electron chi connectivity index (χ4n) is 3.03. The van der Waals surface area contributed by atoms with Crippen LogP contribution >= 0.6 is 0 Å². The number of methoxy groups -OCH3 is 1. The van der Waals surface area contributed by atoms with Gasteiger partial charge in [-0.05, 0) is 25.5 Å². The van der Waals surface area contributed by atoms with Crippen LogP contribution in [0.3, 0.4) is 0 Å². The largest absolute Gasteiger partial charge is 0.507 e. The standard InChI is InChI=1S/C21H19N5O3/c1-12-9-17(27)16(13(2)19(12)29-3)11-23-26-21-24-18(14-7-5-4-6-8-14)15(10-22)20(28)25-21/h4-9,11,27H,1-3H3,(H2,24,25,26,28). The molecular weight excluding hydrogens is 370 g/mol. The third-order valence-electron chi connectivity index (χ3n) is 4.38. The van der Waals surface area contributed by atoms with E-state index in [-0.39, 0.29) is 23.0 Å². The van der Waals surface area contributed by atoms with Crippen LogP contribution in [-0.4, -0.2) is 28.4 Å². The lowest BCUT2D eigenvalue weighted by molar-refractivity contribution is 0.405. The van der Waals surface area contributed by atoms with Crippen molar-refractivity contribution in [3.8, 4) is 28.8 Å². The first-order valence-corrected chi connectivity index (χ1v) is 8.72. The van der Waals surface area contributed by atoms with Gasteiger partial charge in [-0.15, -0.1) is 0 Å². The zero-order valence-corrected chi connectivity index (χ0v) is 16.1. The fraction of sp³-hybridized carbons (Fsp3) is 0.143. The molecule has 0 aliphatic carbocycles. The quantitative estimate of drug-likeness (QED) is 0.455. The number of nitrogens with zero attached hydrogens (tertiary/aromatic N) is 3. The first-order valence-electron chi connectivity index (χ1n) is 8.72. The first-order chi connectivity index (χ1) is 14.0. The van der Waals surface area contributed by atoms with E-state index in [1.807, 2.05) is 26.0 Å². The number of nitrogens with one attached hydrogen (secondary N) is 2. The molecule has 0 bridgehead atoms. The smallest absolute Gasteiger partial charge is 0.270 e. The summed E-state index contributed by atoms with van der Waals surface area (Å²) in [6.07, 6.45) is 1.41. The van der Waals surface area contributed by atoms with E-state index in [0.29, 0.717) is 16.9 Å². The lowest BCUT2D eigenvalue weighted by Gasteiger charge is -2.12. The summed E-state index contributed by atoms with van der Waals surface area (Å²) in [5, 5.41) is 23.6. The highest BCUT2D eigenvalue weighted by molar-refractivity contribution is 5.87. The van der Waals surface area contributed by atoms with Crippen LogP contribution in [0.1, 0.15) is 22.3 Å². The number of aromatic amines is 1. The molecule has 0 saturated heterocycles. The molecular formula is C21H19N5O3. The van der Waals surface area contributed by atoms with Crippen molar-refractivity contribution in [2.24, 2.45) is 5.10 Å². The Balaban J connectivity index is 1.96. The van der Waals surface area contributed by atoms with Gasteiger partial charge in [0.25, 0.3) is 5.56 Å². The number of hydrogen-bond acceptors (Lipinski definition) is 7. The van der Waals surface area contributed by atoms with E-state index < -0.39 is 5.56 Å². The van der Waals surface area contributed by atoms with E-state index in [0.717, 1.165) is 11.1 Å². The third-order valence-corrected chi connectivity index (χ3v) is 4.38. The number of hydrazone groups is 1. The molecule has 0 fully saturated rings. The molecule has 1 aromatic heterocycles. The molecule has 0 spiro atoms. The second-order valence-electron chi connectivity index (χ2n) is 6.27. The number of aromatic nitrogens is 2. The molecule has 2 aromatic carbocycles. The molecule has 0 radical (unpaired) electrons. The van der Waals surface area contributed by atoms with Crippen molar-refractivity contribution >= 4 is 12.2 Å². The SMILES string of the molecule is COc1c(C)cc(O)c(C=NNc2nc(-c3ccccc3)c(C#N)c(=O)[nH]2)c1C. The van der Waals surface area contributed by atoms with Crippen LogP contribution in [-0.2, 0) is 0 Å². The second kappa shape index (κ2) is 8.27. The molecule has 0 atom stereocenters. The number of hydrogen-bond donors (Lipinski definition) is 3. The Kier molecular flexibility index (Phi) is 5.60. The van der Waals surface area contributed by atoms with Gasteiger partial charge in [0.1, 0.15) is 23.1 Å². The van der Waals surface area contributed by atoms with E-state index >= 15 is 0 Å². The Morgan fingerprint density at radius 1 is 1.31 bits per heavy atom. The Morgan fingerprint density at radius 3 is 2.69 bits per heavy atom. The summed E-state index contributed by atoms with van der Waals surface area (Å²) >= 11 is 0. The van der Waals surface area contributed by atoms with Gasteiger partial charge < -0.3 is 9.84 Å². The normalized spacial score (nSPS) is 10.7. The summed E-state index contributed by atoms with van der Waals surface area (Å²) in [5.74, 6) is 0.776. The predicted molar refractivity (Wildman–Crippen MR) is 110 cm³/mol. The summed E-state index contributed by atoms with van der Waals surface area (Å²) < 4.78 is 5.36. The molecule has 0 unspecified atom stereocenters. The maximum Gasteiger partial charge on any atom is 0.270 e. The molecule has 3 N–H and O–H groups in total. The minimum atomic E-state index is -0.574. The van der Waals surface area contributed by atoms with Gasteiger partial charge in [-0.3, -0.25) is 9.78 Å². The molecule has 0 saturated carbocycles. The van der Waals surface area contributed by atoms with Crippen molar-refractivity contribution in [1.82, 2.24) is 9.97 Å². The minimum Gasteiger partial charge on any atom is -0.507 e. The molecule has 3 aromatic rings. The van der Waals surface area contributed by atoms with Gasteiger partial charge in [0.2, 0.25) is 5.95 Å². The first kappa shape index (κ1) is 19.6. The van der Waals surface area contributed by atoms with E-state index in [1.165, 1.54) is 6.21 Å². The zero-order chi connectivity index (χ0) is 21.0. The van der Waals surface area contributed by atoms with E-state index in [4.69, 9.17) is 4.74 Å². The number of aryl methyl sites for hydroxylation is 1. The molecule has 8 nitrogen and oxygen atoms in total. The van der Waals surface area contributed by atoms with Gasteiger partial charge in [-0.2, -0.15) is 10.4 Å². The Morgan fingerprint density at radius 2 is 2.03 bits per heavy atom. The van der Waals surface area contributed by atoms with Gasteiger partial charge >= 0.3 is 0 Å². The number of phenolic OH excluding ortho intramolecular Hbond substituents is 1. The van der Waals surface area contributed by atoms with Crippen molar-refractivity contribution < 1.29 is 9.84 Å². The van der Waals surface area contributed by atoms with Crippen molar-refractivity contribution in [3.05, 3.63) is 69.0 Å². The highest BCUT2D eigenvalue weighted by Crippen LogP contribution is 2.31. The monoisotopic (exact) mass is 389 g/mol. The van der Waals surface area contributed by atoms with Crippen LogP contribution in [0.25, 0.3) is 11.3 Å². The molecule has 1 heterocycles. The van der Waals surface area contributed by atoms with E-state index in [9.17, 15) is 15.2 Å². The Hall–Kier alpha value is -4.12. The van der Waals surface area contributed by atoms with Crippen LogP contribution < -0.4 is 15.7 Å². The maximum atomic E-state index is 12.3.